The summed E-state index contributed by atoms with van der Waals surface area (Å²) in [4.78, 5) is 0. The van der Waals surface area contributed by atoms with Gasteiger partial charge in [0.15, 0.2) is 0 Å². The monoisotopic (exact) mass is 293 g/mol. The van der Waals surface area contributed by atoms with Gasteiger partial charge in [-0.15, -0.1) is 0 Å². The highest BCUT2D eigenvalue weighted by Crippen LogP contribution is 2.21. The van der Waals surface area contributed by atoms with E-state index in [0.717, 1.165) is 16.7 Å². The molecule has 1 unspecified atom stereocenters. The summed E-state index contributed by atoms with van der Waals surface area (Å²) in [6.45, 7) is 2.03. The third kappa shape index (κ3) is 3.82. The van der Waals surface area contributed by atoms with Crippen LogP contribution in [0.25, 0.3) is 0 Å². The number of halogens is 1. The third-order valence-corrected chi connectivity index (χ3v) is 4.60. The number of nitrogen functional groups attached to an aromatic ring is 1. The van der Waals surface area contributed by atoms with Crippen molar-refractivity contribution in [1.82, 2.24) is 0 Å². The van der Waals surface area contributed by atoms with Crippen LogP contribution in [0, 0.1) is 6.92 Å². The molecule has 0 aliphatic carbocycles. The highest BCUT2D eigenvalue weighted by atomic mass is 35.5. The van der Waals surface area contributed by atoms with Gasteiger partial charge in [0.1, 0.15) is 0 Å². The van der Waals surface area contributed by atoms with Gasteiger partial charge in [0.25, 0.3) is 0 Å². The number of hydrogen-bond donors (Lipinski definition) is 1. The van der Waals surface area contributed by atoms with Crippen LogP contribution in [0.3, 0.4) is 0 Å². The standard InChI is InChI=1S/C15H16ClNOS/c1-11-4-2-3-5-12(11)9-19(18)10-13-8-14(17)6-7-15(13)16/h2-8H,9-10,17H2,1H3. The van der Waals surface area contributed by atoms with E-state index in [1.807, 2.05) is 31.2 Å². The molecule has 2 rings (SSSR count). The Balaban J connectivity index is 2.10. The Labute approximate surface area is 121 Å². The minimum absolute atomic E-state index is 0.429. The quantitative estimate of drug-likeness (QED) is 0.874. The van der Waals surface area contributed by atoms with Crippen LogP contribution in [0.5, 0.6) is 0 Å². The summed E-state index contributed by atoms with van der Waals surface area (Å²) < 4.78 is 12.2. The fraction of sp³-hybridized carbons (Fsp3) is 0.200. The van der Waals surface area contributed by atoms with Crippen molar-refractivity contribution < 1.29 is 4.21 Å². The highest BCUT2D eigenvalue weighted by Gasteiger charge is 2.08. The van der Waals surface area contributed by atoms with Gasteiger partial charge in [0, 0.05) is 27.3 Å². The van der Waals surface area contributed by atoms with Gasteiger partial charge in [-0.25, -0.2) is 0 Å². The van der Waals surface area contributed by atoms with Crippen LogP contribution in [0.15, 0.2) is 42.5 Å². The van der Waals surface area contributed by atoms with Crippen LogP contribution in [-0.4, -0.2) is 4.21 Å². The SMILES string of the molecule is Cc1ccccc1CS(=O)Cc1cc(N)ccc1Cl. The summed E-state index contributed by atoms with van der Waals surface area (Å²) >= 11 is 6.08. The predicted molar refractivity (Wildman–Crippen MR) is 82.6 cm³/mol. The van der Waals surface area contributed by atoms with Crippen LogP contribution < -0.4 is 5.73 Å². The fourth-order valence-corrected chi connectivity index (χ4v) is 3.50. The molecule has 0 radical (unpaired) electrons. The van der Waals surface area contributed by atoms with E-state index in [1.54, 1.807) is 18.2 Å². The maximum absolute atomic E-state index is 12.2. The van der Waals surface area contributed by atoms with Gasteiger partial charge in [-0.05, 0) is 41.8 Å². The van der Waals surface area contributed by atoms with Crippen LogP contribution in [0.4, 0.5) is 5.69 Å². The average Bonchev–Trinajstić information content (AvgIpc) is 2.37. The molecule has 0 amide bonds. The van der Waals surface area contributed by atoms with Crippen molar-refractivity contribution in [1.29, 1.82) is 0 Å². The highest BCUT2D eigenvalue weighted by molar-refractivity contribution is 7.83. The van der Waals surface area contributed by atoms with E-state index in [2.05, 4.69) is 0 Å². The molecule has 0 aromatic heterocycles. The lowest BCUT2D eigenvalue weighted by Gasteiger charge is -2.08. The zero-order valence-electron chi connectivity index (χ0n) is 10.7. The molecule has 2 N–H and O–H groups in total. The number of nitrogens with two attached hydrogens (primary N) is 1. The Morgan fingerprint density at radius 2 is 1.79 bits per heavy atom. The molecule has 0 spiro atoms. The molecule has 0 saturated heterocycles. The van der Waals surface area contributed by atoms with Gasteiger partial charge >= 0.3 is 0 Å². The summed E-state index contributed by atoms with van der Waals surface area (Å²) in [6, 6.07) is 13.3. The second-order valence-electron chi connectivity index (χ2n) is 4.51. The molecule has 19 heavy (non-hydrogen) atoms. The maximum atomic E-state index is 12.2. The molecule has 100 valence electrons. The first-order valence-corrected chi connectivity index (χ1v) is 7.86. The van der Waals surface area contributed by atoms with Crippen molar-refractivity contribution in [3.63, 3.8) is 0 Å². The molecule has 0 heterocycles. The minimum atomic E-state index is -0.991. The third-order valence-electron chi connectivity index (χ3n) is 2.96. The minimum Gasteiger partial charge on any atom is -0.399 e. The van der Waals surface area contributed by atoms with Crippen molar-refractivity contribution in [2.75, 3.05) is 5.73 Å². The number of hydrogen-bond acceptors (Lipinski definition) is 2. The zero-order chi connectivity index (χ0) is 13.8. The van der Waals surface area contributed by atoms with Crippen molar-refractivity contribution >= 4 is 28.1 Å². The Kier molecular flexibility index (Phi) is 4.61. The number of anilines is 1. The summed E-state index contributed by atoms with van der Waals surface area (Å²) in [5.41, 5.74) is 9.48. The van der Waals surface area contributed by atoms with Crippen LogP contribution in [-0.2, 0) is 22.3 Å². The van der Waals surface area contributed by atoms with Gasteiger partial charge in [0.2, 0.25) is 0 Å². The van der Waals surface area contributed by atoms with E-state index < -0.39 is 10.8 Å². The van der Waals surface area contributed by atoms with Gasteiger partial charge in [-0.1, -0.05) is 35.9 Å². The van der Waals surface area contributed by atoms with E-state index in [-0.39, 0.29) is 0 Å². The summed E-state index contributed by atoms with van der Waals surface area (Å²) in [6.07, 6.45) is 0. The molecule has 0 aliphatic heterocycles. The van der Waals surface area contributed by atoms with E-state index in [4.69, 9.17) is 17.3 Å². The van der Waals surface area contributed by atoms with Crippen molar-refractivity contribution in [2.24, 2.45) is 0 Å². The van der Waals surface area contributed by atoms with E-state index in [9.17, 15) is 4.21 Å². The lowest BCUT2D eigenvalue weighted by molar-refractivity contribution is 0.682. The maximum Gasteiger partial charge on any atom is 0.0504 e. The normalized spacial score (nSPS) is 12.3. The van der Waals surface area contributed by atoms with E-state index >= 15 is 0 Å². The Morgan fingerprint density at radius 1 is 1.11 bits per heavy atom. The average molecular weight is 294 g/mol. The molecule has 2 aromatic carbocycles. The Hall–Kier alpha value is -1.32. The molecule has 1 atom stereocenters. The molecule has 0 saturated carbocycles. The number of benzene rings is 2. The van der Waals surface area contributed by atoms with Crippen molar-refractivity contribution in [2.45, 2.75) is 18.4 Å². The largest absolute Gasteiger partial charge is 0.399 e. The van der Waals surface area contributed by atoms with Crippen LogP contribution >= 0.6 is 11.6 Å². The fourth-order valence-electron chi connectivity index (χ4n) is 1.88. The first-order chi connectivity index (χ1) is 9.06. The van der Waals surface area contributed by atoms with Crippen LogP contribution in [0.1, 0.15) is 16.7 Å². The topological polar surface area (TPSA) is 43.1 Å². The summed E-state index contributed by atoms with van der Waals surface area (Å²) in [7, 11) is -0.991. The lowest BCUT2D eigenvalue weighted by Crippen LogP contribution is -2.02. The predicted octanol–water partition coefficient (Wildman–Crippen LogP) is 3.68. The van der Waals surface area contributed by atoms with Gasteiger partial charge in [0.05, 0.1) is 5.75 Å². The molecular formula is C15H16ClNOS. The summed E-state index contributed by atoms with van der Waals surface area (Å²) in [5.74, 6) is 0.968. The van der Waals surface area contributed by atoms with Gasteiger partial charge in [-0.3, -0.25) is 4.21 Å². The lowest BCUT2D eigenvalue weighted by atomic mass is 10.1. The smallest absolute Gasteiger partial charge is 0.0504 e. The second-order valence-corrected chi connectivity index (χ2v) is 6.37. The van der Waals surface area contributed by atoms with Gasteiger partial charge in [-0.2, -0.15) is 0 Å². The number of aryl methyl sites for hydroxylation is 1. The van der Waals surface area contributed by atoms with Crippen LogP contribution in [0.2, 0.25) is 5.02 Å². The molecule has 0 aliphatic rings. The molecule has 2 nitrogen and oxygen atoms in total. The second kappa shape index (κ2) is 6.22. The zero-order valence-corrected chi connectivity index (χ0v) is 12.3. The van der Waals surface area contributed by atoms with Crippen molar-refractivity contribution in [3.05, 3.63) is 64.2 Å². The first-order valence-electron chi connectivity index (χ1n) is 5.99. The number of rotatable bonds is 4. The first kappa shape index (κ1) is 14.1. The Morgan fingerprint density at radius 3 is 2.53 bits per heavy atom. The Bertz CT molecular complexity index is 613. The molecule has 4 heteroatoms. The van der Waals surface area contributed by atoms with E-state index in [1.165, 1.54) is 0 Å². The molecular weight excluding hydrogens is 278 g/mol. The molecule has 0 bridgehead atoms. The molecule has 2 aromatic rings. The molecule has 0 fully saturated rings. The van der Waals surface area contributed by atoms with Crippen molar-refractivity contribution in [3.8, 4) is 0 Å². The van der Waals surface area contributed by atoms with Gasteiger partial charge < -0.3 is 5.73 Å². The summed E-state index contributed by atoms with van der Waals surface area (Å²) in [5, 5.41) is 0.618. The van der Waals surface area contributed by atoms with E-state index in [0.29, 0.717) is 22.2 Å².